The van der Waals surface area contributed by atoms with Gasteiger partial charge in [0.2, 0.25) is 0 Å². The Morgan fingerprint density at radius 2 is 1.90 bits per heavy atom. The minimum Gasteiger partial charge on any atom is -0.508 e. The van der Waals surface area contributed by atoms with Crippen LogP contribution in [-0.4, -0.2) is 11.2 Å². The van der Waals surface area contributed by atoms with Crippen molar-refractivity contribution in [3.8, 4) is 11.5 Å². The van der Waals surface area contributed by atoms with Crippen molar-refractivity contribution in [2.75, 3.05) is 0 Å². The number of halogens is 1. The number of rotatable bonds is 2. The van der Waals surface area contributed by atoms with E-state index in [-0.39, 0.29) is 23.1 Å². The molecule has 2 nitrogen and oxygen atoms in total. The second-order valence-corrected chi connectivity index (χ2v) is 6.54. The Labute approximate surface area is 118 Å². The van der Waals surface area contributed by atoms with Crippen LogP contribution in [0.2, 0.25) is 0 Å². The van der Waals surface area contributed by atoms with Crippen LogP contribution in [-0.2, 0) is 5.41 Å². The van der Waals surface area contributed by atoms with Crippen molar-refractivity contribution in [1.82, 2.24) is 0 Å². The molecule has 0 atom stereocenters. The lowest BCUT2D eigenvalue weighted by atomic mass is 9.83. The molecule has 1 fully saturated rings. The van der Waals surface area contributed by atoms with E-state index in [2.05, 4.69) is 0 Å². The maximum absolute atomic E-state index is 14.2. The summed E-state index contributed by atoms with van der Waals surface area (Å²) in [6.45, 7) is 6.15. The van der Waals surface area contributed by atoms with Gasteiger partial charge in [0.1, 0.15) is 5.75 Å². The van der Waals surface area contributed by atoms with E-state index in [1.807, 2.05) is 20.8 Å². The van der Waals surface area contributed by atoms with Crippen LogP contribution in [0.15, 0.2) is 24.3 Å². The molecule has 1 aliphatic rings. The average Bonchev–Trinajstić information content (AvgIpc) is 3.14. The van der Waals surface area contributed by atoms with E-state index in [1.165, 1.54) is 6.07 Å². The van der Waals surface area contributed by atoms with Crippen molar-refractivity contribution in [2.24, 2.45) is 0 Å². The highest BCUT2D eigenvalue weighted by Gasteiger charge is 2.28. The molecule has 0 amide bonds. The Kier molecular flexibility index (Phi) is 2.89. The van der Waals surface area contributed by atoms with Crippen LogP contribution >= 0.6 is 0 Å². The van der Waals surface area contributed by atoms with Crippen LogP contribution < -0.4 is 4.74 Å². The second-order valence-electron chi connectivity index (χ2n) is 6.54. The molecule has 3 rings (SSSR count). The molecule has 0 radical (unpaired) electrons. The zero-order valence-electron chi connectivity index (χ0n) is 12.0. The van der Waals surface area contributed by atoms with Crippen LogP contribution in [0.5, 0.6) is 11.5 Å². The summed E-state index contributed by atoms with van der Waals surface area (Å²) in [4.78, 5) is 0. The predicted octanol–water partition coefficient (Wildman–Crippen LogP) is 4.52. The lowest BCUT2D eigenvalue weighted by Gasteiger charge is -2.23. The Morgan fingerprint density at radius 1 is 1.20 bits per heavy atom. The van der Waals surface area contributed by atoms with Gasteiger partial charge >= 0.3 is 0 Å². The first kappa shape index (κ1) is 13.2. The molecule has 0 aromatic heterocycles. The van der Waals surface area contributed by atoms with Crippen molar-refractivity contribution >= 4 is 10.8 Å². The molecule has 0 bridgehead atoms. The number of benzene rings is 2. The van der Waals surface area contributed by atoms with Gasteiger partial charge in [-0.3, -0.25) is 0 Å². The van der Waals surface area contributed by atoms with Gasteiger partial charge in [-0.15, -0.1) is 0 Å². The van der Waals surface area contributed by atoms with E-state index in [1.54, 1.807) is 18.2 Å². The van der Waals surface area contributed by atoms with Gasteiger partial charge < -0.3 is 9.84 Å². The molecule has 0 unspecified atom stereocenters. The Bertz CT molecular complexity index is 667. The van der Waals surface area contributed by atoms with E-state index in [9.17, 15) is 9.50 Å². The lowest BCUT2D eigenvalue weighted by molar-refractivity contribution is 0.291. The standard InChI is InChI=1S/C17H19FO2/c1-17(2,3)13-9-11(19)8-10-4-7-14(18)16(15(10)13)20-12-5-6-12/h4,7-9,12,19H,5-6H2,1-3H3. The summed E-state index contributed by atoms with van der Waals surface area (Å²) in [6.07, 6.45) is 2.11. The predicted molar refractivity (Wildman–Crippen MR) is 77.9 cm³/mol. The second kappa shape index (κ2) is 4.37. The molecule has 0 heterocycles. The number of aromatic hydroxyl groups is 1. The summed E-state index contributed by atoms with van der Waals surface area (Å²) in [6, 6.07) is 6.47. The molecular formula is C17H19FO2. The molecule has 106 valence electrons. The zero-order valence-corrected chi connectivity index (χ0v) is 12.0. The highest BCUT2D eigenvalue weighted by molar-refractivity contribution is 5.93. The monoisotopic (exact) mass is 274 g/mol. The van der Waals surface area contributed by atoms with Crippen molar-refractivity contribution in [3.05, 3.63) is 35.6 Å². The highest BCUT2D eigenvalue weighted by Crippen LogP contribution is 2.41. The largest absolute Gasteiger partial charge is 0.508 e. The van der Waals surface area contributed by atoms with E-state index in [0.29, 0.717) is 5.75 Å². The van der Waals surface area contributed by atoms with Crippen molar-refractivity contribution in [1.29, 1.82) is 0 Å². The Hall–Kier alpha value is -1.77. The SMILES string of the molecule is CC(C)(C)c1cc(O)cc2ccc(F)c(OC3CC3)c12. The lowest BCUT2D eigenvalue weighted by Crippen LogP contribution is -2.13. The number of fused-ring (bicyclic) bond motifs is 1. The van der Waals surface area contributed by atoms with E-state index in [0.717, 1.165) is 29.2 Å². The van der Waals surface area contributed by atoms with Crippen molar-refractivity contribution in [2.45, 2.75) is 45.1 Å². The van der Waals surface area contributed by atoms with Crippen LogP contribution in [0, 0.1) is 5.82 Å². The molecular weight excluding hydrogens is 255 g/mol. The summed E-state index contributed by atoms with van der Waals surface area (Å²) in [5.41, 5.74) is 0.703. The molecule has 0 spiro atoms. The van der Waals surface area contributed by atoms with E-state index in [4.69, 9.17) is 4.74 Å². The fourth-order valence-electron chi connectivity index (χ4n) is 2.45. The fourth-order valence-corrected chi connectivity index (χ4v) is 2.45. The Morgan fingerprint density at radius 3 is 2.50 bits per heavy atom. The van der Waals surface area contributed by atoms with Crippen molar-refractivity contribution < 1.29 is 14.2 Å². The number of phenols is 1. The van der Waals surface area contributed by atoms with Gasteiger partial charge in [-0.1, -0.05) is 26.8 Å². The molecule has 2 aromatic carbocycles. The van der Waals surface area contributed by atoms with Gasteiger partial charge in [0.15, 0.2) is 11.6 Å². The van der Waals surface area contributed by atoms with Crippen LogP contribution in [0.4, 0.5) is 4.39 Å². The fraction of sp³-hybridized carbons (Fsp3) is 0.412. The van der Waals surface area contributed by atoms with Gasteiger partial charge in [-0.2, -0.15) is 0 Å². The number of phenolic OH excluding ortho intramolecular Hbond substituents is 1. The molecule has 0 aliphatic heterocycles. The maximum atomic E-state index is 14.2. The maximum Gasteiger partial charge on any atom is 0.165 e. The molecule has 1 saturated carbocycles. The quantitative estimate of drug-likeness (QED) is 0.872. The molecule has 0 saturated heterocycles. The molecule has 3 heteroatoms. The summed E-state index contributed by atoms with van der Waals surface area (Å²) in [5, 5.41) is 11.5. The smallest absolute Gasteiger partial charge is 0.165 e. The van der Waals surface area contributed by atoms with Gasteiger partial charge in [0, 0.05) is 5.39 Å². The van der Waals surface area contributed by atoms with Crippen LogP contribution in [0.25, 0.3) is 10.8 Å². The topological polar surface area (TPSA) is 29.5 Å². The van der Waals surface area contributed by atoms with Gasteiger partial charge in [-0.05, 0) is 47.4 Å². The number of hydrogen-bond acceptors (Lipinski definition) is 2. The third kappa shape index (κ3) is 2.33. The summed E-state index contributed by atoms with van der Waals surface area (Å²) in [5.74, 6) is 0.196. The van der Waals surface area contributed by atoms with E-state index >= 15 is 0 Å². The van der Waals surface area contributed by atoms with Crippen LogP contribution in [0.1, 0.15) is 39.2 Å². The third-order valence-electron chi connectivity index (χ3n) is 3.62. The Balaban J connectivity index is 2.32. The van der Waals surface area contributed by atoms with Crippen LogP contribution in [0.3, 0.4) is 0 Å². The summed E-state index contributed by atoms with van der Waals surface area (Å²) in [7, 11) is 0. The van der Waals surface area contributed by atoms with Gasteiger partial charge in [-0.25, -0.2) is 4.39 Å². The van der Waals surface area contributed by atoms with Gasteiger partial charge in [0.05, 0.1) is 6.10 Å². The summed E-state index contributed by atoms with van der Waals surface area (Å²) >= 11 is 0. The summed E-state index contributed by atoms with van der Waals surface area (Å²) < 4.78 is 20.0. The first-order chi connectivity index (χ1) is 9.36. The van der Waals surface area contributed by atoms with E-state index < -0.39 is 0 Å². The van der Waals surface area contributed by atoms with Gasteiger partial charge in [0.25, 0.3) is 0 Å². The molecule has 2 aromatic rings. The zero-order chi connectivity index (χ0) is 14.5. The first-order valence-corrected chi connectivity index (χ1v) is 6.98. The number of hydrogen-bond donors (Lipinski definition) is 1. The third-order valence-corrected chi connectivity index (χ3v) is 3.62. The average molecular weight is 274 g/mol. The molecule has 20 heavy (non-hydrogen) atoms. The first-order valence-electron chi connectivity index (χ1n) is 6.98. The normalized spacial score (nSPS) is 15.6. The highest BCUT2D eigenvalue weighted by atomic mass is 19.1. The molecule has 1 aliphatic carbocycles. The number of ether oxygens (including phenoxy) is 1. The molecule has 1 N–H and O–H groups in total. The minimum absolute atomic E-state index is 0.136. The minimum atomic E-state index is -0.333. The van der Waals surface area contributed by atoms with Crippen molar-refractivity contribution in [3.63, 3.8) is 0 Å².